The summed E-state index contributed by atoms with van der Waals surface area (Å²) in [5.74, 6) is 1.23. The molecular weight excluding hydrogens is 363 g/mol. The van der Waals surface area contributed by atoms with Crippen LogP contribution in [0.2, 0.25) is 0 Å². The first-order chi connectivity index (χ1) is 12.3. The third-order valence-electron chi connectivity index (χ3n) is 4.01. The summed E-state index contributed by atoms with van der Waals surface area (Å²) in [6.07, 6.45) is -2.59. The molecule has 0 saturated carbocycles. The highest BCUT2D eigenvalue weighted by molar-refractivity contribution is 7.98. The summed E-state index contributed by atoms with van der Waals surface area (Å²) >= 11 is 1.40. The van der Waals surface area contributed by atoms with Gasteiger partial charge in [0.1, 0.15) is 17.2 Å². The molecule has 4 nitrogen and oxygen atoms in total. The minimum absolute atomic E-state index is 0.120. The van der Waals surface area contributed by atoms with Gasteiger partial charge in [-0.15, -0.1) is 11.8 Å². The molecule has 0 bridgehead atoms. The summed E-state index contributed by atoms with van der Waals surface area (Å²) in [5.41, 5.74) is -0.0196. The van der Waals surface area contributed by atoms with Crippen LogP contribution >= 0.6 is 11.8 Å². The number of halogens is 3. The molecule has 2 heterocycles. The van der Waals surface area contributed by atoms with E-state index in [-0.39, 0.29) is 12.2 Å². The Labute approximate surface area is 154 Å². The van der Waals surface area contributed by atoms with Crippen LogP contribution in [-0.4, -0.2) is 35.3 Å². The van der Waals surface area contributed by atoms with Gasteiger partial charge in [-0.1, -0.05) is 18.2 Å². The summed E-state index contributed by atoms with van der Waals surface area (Å²) in [6, 6.07) is 7.26. The number of nitrogens with zero attached hydrogens (tertiary/aromatic N) is 3. The smallest absolute Gasteiger partial charge is 0.372 e. The molecule has 2 atom stereocenters. The Morgan fingerprint density at radius 2 is 1.88 bits per heavy atom. The zero-order valence-corrected chi connectivity index (χ0v) is 15.3. The number of rotatable bonds is 4. The zero-order chi connectivity index (χ0) is 18.7. The molecule has 0 radical (unpaired) electrons. The second-order valence-corrected chi connectivity index (χ2v) is 7.36. The first kappa shape index (κ1) is 19.0. The van der Waals surface area contributed by atoms with E-state index < -0.39 is 11.7 Å². The van der Waals surface area contributed by atoms with E-state index in [0.717, 1.165) is 30.0 Å². The lowest BCUT2D eigenvalue weighted by atomic mass is 10.1. The molecule has 0 aliphatic carbocycles. The Hall–Kier alpha value is -1.80. The van der Waals surface area contributed by atoms with E-state index in [2.05, 4.69) is 14.9 Å². The van der Waals surface area contributed by atoms with Crippen molar-refractivity contribution in [1.29, 1.82) is 0 Å². The van der Waals surface area contributed by atoms with Crippen molar-refractivity contribution in [2.45, 2.75) is 43.0 Å². The Morgan fingerprint density at radius 3 is 2.58 bits per heavy atom. The number of morpholine rings is 1. The fourth-order valence-electron chi connectivity index (χ4n) is 2.94. The van der Waals surface area contributed by atoms with Crippen LogP contribution in [0.5, 0.6) is 0 Å². The van der Waals surface area contributed by atoms with Crippen molar-refractivity contribution < 1.29 is 17.9 Å². The number of anilines is 1. The molecule has 1 aliphatic heterocycles. The Kier molecular flexibility index (Phi) is 5.72. The number of hydrogen-bond donors (Lipinski definition) is 0. The number of alkyl halides is 3. The van der Waals surface area contributed by atoms with Crippen LogP contribution in [0.15, 0.2) is 41.7 Å². The van der Waals surface area contributed by atoms with E-state index in [9.17, 15) is 13.2 Å². The van der Waals surface area contributed by atoms with Crippen molar-refractivity contribution in [2.75, 3.05) is 18.0 Å². The molecule has 1 fully saturated rings. The SMILES string of the molecule is CC1CN(c2cc(SCc3cccc(C(F)(F)F)c3)ncn2)CC(C)O1. The van der Waals surface area contributed by atoms with Gasteiger partial charge in [-0.25, -0.2) is 9.97 Å². The number of thioether (sulfide) groups is 1. The Morgan fingerprint density at radius 1 is 1.15 bits per heavy atom. The lowest BCUT2D eigenvalue weighted by molar-refractivity contribution is -0.137. The van der Waals surface area contributed by atoms with Crippen molar-refractivity contribution in [2.24, 2.45) is 0 Å². The van der Waals surface area contributed by atoms with Crippen molar-refractivity contribution in [3.8, 4) is 0 Å². The molecule has 0 spiro atoms. The molecule has 0 amide bonds. The van der Waals surface area contributed by atoms with Gasteiger partial charge in [0.2, 0.25) is 0 Å². The topological polar surface area (TPSA) is 38.2 Å². The summed E-state index contributed by atoms with van der Waals surface area (Å²) in [6.45, 7) is 5.54. The lowest BCUT2D eigenvalue weighted by Gasteiger charge is -2.36. The average molecular weight is 383 g/mol. The van der Waals surface area contributed by atoms with Gasteiger partial charge in [0, 0.05) is 24.9 Å². The lowest BCUT2D eigenvalue weighted by Crippen LogP contribution is -2.45. The van der Waals surface area contributed by atoms with Gasteiger partial charge in [0.25, 0.3) is 0 Å². The average Bonchev–Trinajstić information content (AvgIpc) is 2.59. The number of aromatic nitrogens is 2. The van der Waals surface area contributed by atoms with Gasteiger partial charge >= 0.3 is 6.18 Å². The van der Waals surface area contributed by atoms with Crippen LogP contribution in [0.1, 0.15) is 25.0 Å². The van der Waals surface area contributed by atoms with E-state index in [1.165, 1.54) is 30.2 Å². The highest BCUT2D eigenvalue weighted by atomic mass is 32.2. The predicted octanol–water partition coefficient (Wildman–Crippen LogP) is 4.40. The normalized spacial score (nSPS) is 21.0. The maximum Gasteiger partial charge on any atom is 0.416 e. The minimum atomic E-state index is -4.33. The molecule has 1 aromatic heterocycles. The Balaban J connectivity index is 1.68. The second-order valence-electron chi connectivity index (χ2n) is 6.36. The highest BCUT2D eigenvalue weighted by Gasteiger charge is 2.30. The van der Waals surface area contributed by atoms with Crippen LogP contribution in [0.3, 0.4) is 0 Å². The quantitative estimate of drug-likeness (QED) is 0.578. The van der Waals surface area contributed by atoms with E-state index >= 15 is 0 Å². The van der Waals surface area contributed by atoms with Crippen LogP contribution in [0, 0.1) is 0 Å². The van der Waals surface area contributed by atoms with Gasteiger partial charge in [0.05, 0.1) is 17.8 Å². The standard InChI is InChI=1S/C18H20F3N3OS/c1-12-8-24(9-13(2)25-12)16-7-17(23-11-22-16)26-10-14-4-3-5-15(6-14)18(19,20)21/h3-7,11-13H,8-10H2,1-2H3. The van der Waals surface area contributed by atoms with Gasteiger partial charge < -0.3 is 9.64 Å². The fraction of sp³-hybridized carbons (Fsp3) is 0.444. The van der Waals surface area contributed by atoms with Crippen molar-refractivity contribution in [1.82, 2.24) is 9.97 Å². The summed E-state index contributed by atoms with van der Waals surface area (Å²) < 4.78 is 44.2. The molecule has 140 valence electrons. The van der Waals surface area contributed by atoms with Crippen molar-refractivity contribution in [3.63, 3.8) is 0 Å². The summed E-state index contributed by atoms with van der Waals surface area (Å²) in [5, 5.41) is 0.735. The number of ether oxygens (including phenoxy) is 1. The first-order valence-corrected chi connectivity index (χ1v) is 9.31. The zero-order valence-electron chi connectivity index (χ0n) is 14.5. The van der Waals surface area contributed by atoms with Gasteiger partial charge in [-0.05, 0) is 25.5 Å². The van der Waals surface area contributed by atoms with Gasteiger partial charge in [-0.3, -0.25) is 0 Å². The predicted molar refractivity (Wildman–Crippen MR) is 95.3 cm³/mol. The minimum Gasteiger partial charge on any atom is -0.372 e. The maximum absolute atomic E-state index is 12.8. The summed E-state index contributed by atoms with van der Waals surface area (Å²) in [4.78, 5) is 10.7. The van der Waals surface area contributed by atoms with Crippen molar-refractivity contribution in [3.05, 3.63) is 47.8 Å². The van der Waals surface area contributed by atoms with Crippen LogP contribution < -0.4 is 4.90 Å². The van der Waals surface area contributed by atoms with E-state index in [1.807, 2.05) is 19.9 Å². The molecule has 2 aromatic rings. The van der Waals surface area contributed by atoms with Crippen LogP contribution in [0.4, 0.5) is 19.0 Å². The Bertz CT molecular complexity index is 746. The van der Waals surface area contributed by atoms with Gasteiger partial charge in [0.15, 0.2) is 0 Å². The molecule has 3 rings (SSSR count). The largest absolute Gasteiger partial charge is 0.416 e. The molecule has 1 aromatic carbocycles. The third kappa shape index (κ3) is 4.88. The van der Waals surface area contributed by atoms with Crippen LogP contribution in [-0.2, 0) is 16.7 Å². The molecule has 1 aliphatic rings. The van der Waals surface area contributed by atoms with E-state index in [1.54, 1.807) is 6.07 Å². The first-order valence-electron chi connectivity index (χ1n) is 8.32. The van der Waals surface area contributed by atoms with Crippen LogP contribution in [0.25, 0.3) is 0 Å². The summed E-state index contributed by atoms with van der Waals surface area (Å²) in [7, 11) is 0. The molecule has 0 N–H and O–H groups in total. The third-order valence-corrected chi connectivity index (χ3v) is 5.01. The molecule has 2 unspecified atom stereocenters. The molecular formula is C18H20F3N3OS. The van der Waals surface area contributed by atoms with E-state index in [4.69, 9.17) is 4.74 Å². The highest BCUT2D eigenvalue weighted by Crippen LogP contribution is 2.31. The number of benzene rings is 1. The molecule has 26 heavy (non-hydrogen) atoms. The molecule has 1 saturated heterocycles. The second kappa shape index (κ2) is 7.84. The van der Waals surface area contributed by atoms with E-state index in [0.29, 0.717) is 11.3 Å². The molecule has 8 heteroatoms. The fourth-order valence-corrected chi connectivity index (χ4v) is 3.75. The monoisotopic (exact) mass is 383 g/mol. The van der Waals surface area contributed by atoms with Gasteiger partial charge in [-0.2, -0.15) is 13.2 Å². The maximum atomic E-state index is 12.8. The number of hydrogen-bond acceptors (Lipinski definition) is 5. The van der Waals surface area contributed by atoms with Crippen molar-refractivity contribution >= 4 is 17.6 Å².